The topological polar surface area (TPSA) is 25.2 Å². The van der Waals surface area contributed by atoms with E-state index < -0.39 is 0 Å². The van der Waals surface area contributed by atoms with Gasteiger partial charge >= 0.3 is 0 Å². The molecular weight excluding hydrogens is 593 g/mol. The van der Waals surface area contributed by atoms with Crippen LogP contribution in [0.4, 0.5) is 0 Å². The SMILES string of the molecule is Cc1nc(-c2ccccc2)ccc1-c1ccc(/C2=C/C(c3ccccc3)=NC(c3ccc4c(c3)C(C)(C)c3ccccc3-4)C(C)CC2)cc1. The summed E-state index contributed by atoms with van der Waals surface area (Å²) in [5.41, 5.74) is 17.2. The summed E-state index contributed by atoms with van der Waals surface area (Å²) in [5, 5.41) is 0. The first-order valence-corrected chi connectivity index (χ1v) is 17.6. The van der Waals surface area contributed by atoms with Crippen molar-refractivity contribution in [3.05, 3.63) is 179 Å². The molecule has 1 aromatic heterocycles. The summed E-state index contributed by atoms with van der Waals surface area (Å²) in [7, 11) is 0. The van der Waals surface area contributed by atoms with E-state index in [0.717, 1.165) is 41.1 Å². The zero-order chi connectivity index (χ0) is 33.5. The number of fused-ring (bicyclic) bond motifs is 3. The molecule has 5 aromatic carbocycles. The largest absolute Gasteiger partial charge is 0.276 e. The second-order valence-corrected chi connectivity index (χ2v) is 14.3. The van der Waals surface area contributed by atoms with Gasteiger partial charge in [0.25, 0.3) is 0 Å². The summed E-state index contributed by atoms with van der Waals surface area (Å²) >= 11 is 0. The summed E-state index contributed by atoms with van der Waals surface area (Å²) in [6, 6.07) is 50.6. The summed E-state index contributed by atoms with van der Waals surface area (Å²) < 4.78 is 0. The van der Waals surface area contributed by atoms with Crippen molar-refractivity contribution >= 4 is 11.3 Å². The third kappa shape index (κ3) is 5.76. The molecule has 1 aliphatic carbocycles. The van der Waals surface area contributed by atoms with Crippen molar-refractivity contribution in [3.8, 4) is 33.5 Å². The molecule has 2 aliphatic rings. The number of hydrogen-bond donors (Lipinski definition) is 0. The van der Waals surface area contributed by atoms with Gasteiger partial charge in [0.1, 0.15) is 0 Å². The van der Waals surface area contributed by atoms with Crippen molar-refractivity contribution in [1.82, 2.24) is 4.98 Å². The number of aryl methyl sites for hydroxylation is 1. The molecule has 2 nitrogen and oxygen atoms in total. The van der Waals surface area contributed by atoms with Crippen LogP contribution in [0.15, 0.2) is 151 Å². The smallest absolute Gasteiger partial charge is 0.0782 e. The molecule has 0 saturated carbocycles. The Balaban J connectivity index is 1.14. The highest BCUT2D eigenvalue weighted by atomic mass is 14.8. The monoisotopic (exact) mass is 634 g/mol. The van der Waals surface area contributed by atoms with Crippen LogP contribution < -0.4 is 0 Å². The van der Waals surface area contributed by atoms with Crippen LogP contribution >= 0.6 is 0 Å². The molecule has 0 radical (unpaired) electrons. The highest BCUT2D eigenvalue weighted by molar-refractivity contribution is 6.12. The zero-order valence-electron chi connectivity index (χ0n) is 28.8. The van der Waals surface area contributed by atoms with E-state index in [9.17, 15) is 0 Å². The van der Waals surface area contributed by atoms with E-state index in [0.29, 0.717) is 5.92 Å². The van der Waals surface area contributed by atoms with Gasteiger partial charge in [-0.1, -0.05) is 154 Å². The molecule has 2 heteroatoms. The van der Waals surface area contributed by atoms with Crippen LogP contribution in [-0.2, 0) is 5.41 Å². The molecule has 2 heterocycles. The standard InChI is InChI=1S/C47H42N2/c1-31-19-20-37(33-21-23-34(24-22-33)39-27-28-44(48-32(39)2)35-13-7-5-8-14-35)30-45(36-15-9-6-10-16-36)49-46(31)38-25-26-41-40-17-11-12-18-42(40)47(3,4)43(41)29-38/h5-18,21-31,46H,19-20H2,1-4H3/b37-30+,49-45?. The van der Waals surface area contributed by atoms with Crippen LogP contribution in [0.3, 0.4) is 0 Å². The van der Waals surface area contributed by atoms with Crippen molar-refractivity contribution in [3.63, 3.8) is 0 Å². The van der Waals surface area contributed by atoms with E-state index in [-0.39, 0.29) is 11.5 Å². The lowest BCUT2D eigenvalue weighted by Gasteiger charge is -2.27. The van der Waals surface area contributed by atoms with Gasteiger partial charge in [0.05, 0.1) is 17.4 Å². The first kappa shape index (κ1) is 31.0. The van der Waals surface area contributed by atoms with E-state index >= 15 is 0 Å². The Hall–Kier alpha value is -5.34. The lowest BCUT2D eigenvalue weighted by Crippen LogP contribution is -2.17. The predicted molar refractivity (Wildman–Crippen MR) is 206 cm³/mol. The molecule has 0 saturated heterocycles. The maximum Gasteiger partial charge on any atom is 0.0782 e. The Morgan fingerprint density at radius 2 is 1.22 bits per heavy atom. The normalized spacial score (nSPS) is 19.1. The van der Waals surface area contributed by atoms with Gasteiger partial charge in [-0.3, -0.25) is 9.98 Å². The van der Waals surface area contributed by atoms with E-state index in [2.05, 4.69) is 167 Å². The minimum Gasteiger partial charge on any atom is -0.276 e. The highest BCUT2D eigenvalue weighted by Gasteiger charge is 2.36. The molecule has 8 rings (SSSR count). The maximum absolute atomic E-state index is 5.60. The van der Waals surface area contributed by atoms with Gasteiger partial charge in [0, 0.05) is 22.2 Å². The molecule has 0 fully saturated rings. The van der Waals surface area contributed by atoms with E-state index in [1.165, 1.54) is 50.1 Å². The van der Waals surface area contributed by atoms with Crippen LogP contribution in [0.5, 0.6) is 0 Å². The fourth-order valence-corrected chi connectivity index (χ4v) is 7.90. The van der Waals surface area contributed by atoms with Crippen LogP contribution in [0.2, 0.25) is 0 Å². The van der Waals surface area contributed by atoms with Gasteiger partial charge in [-0.25, -0.2) is 0 Å². The Kier molecular flexibility index (Phi) is 7.96. The molecule has 6 aromatic rings. The van der Waals surface area contributed by atoms with Gasteiger partial charge < -0.3 is 0 Å². The molecule has 2 atom stereocenters. The van der Waals surface area contributed by atoms with Crippen molar-refractivity contribution in [1.29, 1.82) is 0 Å². The van der Waals surface area contributed by atoms with Crippen LogP contribution in [-0.4, -0.2) is 10.7 Å². The Labute approximate surface area is 291 Å². The Bertz CT molecular complexity index is 2210. The number of hydrogen-bond acceptors (Lipinski definition) is 2. The average molecular weight is 635 g/mol. The van der Waals surface area contributed by atoms with Crippen molar-refractivity contribution in [2.45, 2.75) is 52.0 Å². The van der Waals surface area contributed by atoms with Crippen molar-refractivity contribution < 1.29 is 0 Å². The number of aliphatic imine (C=N–C) groups is 1. The number of nitrogens with zero attached hydrogens (tertiary/aromatic N) is 2. The third-order valence-corrected chi connectivity index (χ3v) is 10.7. The number of rotatable bonds is 5. The number of benzene rings is 5. The first-order chi connectivity index (χ1) is 23.9. The zero-order valence-corrected chi connectivity index (χ0v) is 28.8. The maximum atomic E-state index is 5.60. The van der Waals surface area contributed by atoms with E-state index in [1.54, 1.807) is 0 Å². The van der Waals surface area contributed by atoms with E-state index in [4.69, 9.17) is 9.98 Å². The van der Waals surface area contributed by atoms with Crippen molar-refractivity contribution in [2.75, 3.05) is 0 Å². The van der Waals surface area contributed by atoms with Crippen molar-refractivity contribution in [2.24, 2.45) is 10.9 Å². The molecule has 1 aliphatic heterocycles. The Morgan fingerprint density at radius 1 is 0.592 bits per heavy atom. The predicted octanol–water partition coefficient (Wildman–Crippen LogP) is 12.1. The lowest BCUT2D eigenvalue weighted by atomic mass is 9.80. The highest BCUT2D eigenvalue weighted by Crippen LogP contribution is 2.50. The molecule has 0 amide bonds. The molecule has 2 unspecified atom stereocenters. The van der Waals surface area contributed by atoms with Gasteiger partial charge in [-0.05, 0) is 87.9 Å². The molecule has 0 N–H and O–H groups in total. The average Bonchev–Trinajstić information content (AvgIpc) is 3.36. The number of aromatic nitrogens is 1. The van der Waals surface area contributed by atoms with Crippen LogP contribution in [0.1, 0.15) is 73.2 Å². The minimum absolute atomic E-state index is 0.0312. The van der Waals surface area contributed by atoms with Gasteiger partial charge in [-0.15, -0.1) is 0 Å². The molecule has 0 bridgehead atoms. The second kappa shape index (κ2) is 12.6. The fraction of sp³-hybridized carbons (Fsp3) is 0.191. The molecule has 0 spiro atoms. The summed E-state index contributed by atoms with van der Waals surface area (Å²) in [4.78, 5) is 10.5. The van der Waals surface area contributed by atoms with E-state index in [1.807, 2.05) is 6.07 Å². The fourth-order valence-electron chi connectivity index (χ4n) is 7.90. The summed E-state index contributed by atoms with van der Waals surface area (Å²) in [6.45, 7) is 9.21. The summed E-state index contributed by atoms with van der Waals surface area (Å²) in [5.74, 6) is 0.378. The van der Waals surface area contributed by atoms with Crippen LogP contribution in [0.25, 0.3) is 39.1 Å². The molecular formula is C47H42N2. The van der Waals surface area contributed by atoms with Gasteiger partial charge in [-0.2, -0.15) is 0 Å². The molecule has 49 heavy (non-hydrogen) atoms. The number of allylic oxidation sites excluding steroid dienone is 2. The van der Waals surface area contributed by atoms with Gasteiger partial charge in [0.15, 0.2) is 0 Å². The number of pyridine rings is 1. The van der Waals surface area contributed by atoms with Gasteiger partial charge in [0.2, 0.25) is 0 Å². The molecule has 240 valence electrons. The van der Waals surface area contributed by atoms with Crippen LogP contribution in [0, 0.1) is 12.8 Å². The minimum atomic E-state index is -0.0312. The second-order valence-electron chi connectivity index (χ2n) is 14.3. The summed E-state index contributed by atoms with van der Waals surface area (Å²) in [6.07, 6.45) is 4.41. The quantitative estimate of drug-likeness (QED) is 0.185. The third-order valence-electron chi connectivity index (χ3n) is 10.7. The lowest BCUT2D eigenvalue weighted by molar-refractivity contribution is 0.444. The Morgan fingerprint density at radius 3 is 1.96 bits per heavy atom. The first-order valence-electron chi connectivity index (χ1n) is 17.6.